The van der Waals surface area contributed by atoms with Gasteiger partial charge in [0.05, 0.1) is 59.7 Å². The lowest BCUT2D eigenvalue weighted by Gasteiger charge is -2.64. The van der Waals surface area contributed by atoms with E-state index >= 15 is 4.79 Å². The van der Waals surface area contributed by atoms with Gasteiger partial charge in [0.25, 0.3) is 0 Å². The number of esters is 3. The molecule has 2 amide bonds. The summed E-state index contributed by atoms with van der Waals surface area (Å²) in [5.41, 5.74) is 1.50. The molecule has 2 saturated heterocycles. The fourth-order valence-electron chi connectivity index (χ4n) is 21.6. The van der Waals surface area contributed by atoms with Crippen molar-refractivity contribution in [2.75, 3.05) is 117 Å². The minimum absolute atomic E-state index is 0. The van der Waals surface area contributed by atoms with E-state index in [1.54, 1.807) is 14.2 Å². The van der Waals surface area contributed by atoms with Gasteiger partial charge in [0.15, 0.2) is 0 Å². The van der Waals surface area contributed by atoms with E-state index in [2.05, 4.69) is 122 Å². The minimum atomic E-state index is -1.81. The number of carbonyl (C=O) groups excluding carboxylic acids is 5. The molecule has 4 fully saturated rings. The highest BCUT2D eigenvalue weighted by Gasteiger charge is 2.80. The average molecular weight is 1480 g/mol. The fourth-order valence-corrected chi connectivity index (χ4v) is 21.6. The van der Waals surface area contributed by atoms with Crippen LogP contribution in [0.3, 0.4) is 0 Å². The zero-order chi connectivity index (χ0) is 74.4. The number of nitrogens with zero attached hydrogens (tertiary/aromatic N) is 5. The van der Waals surface area contributed by atoms with Gasteiger partial charge in [-0.05, 0) is 112 Å². The first-order chi connectivity index (χ1) is 49.5. The number of aromatic amines is 1. The number of nitrogens with one attached hydrogen (secondary N) is 3. The molecule has 8 aliphatic heterocycles. The Balaban J connectivity index is 0.000000254. The summed E-state index contributed by atoms with van der Waals surface area (Å²) in [5.74, 6) is -0.0287. The number of amides is 2. The summed E-state index contributed by atoms with van der Waals surface area (Å²) in [6.45, 7) is 18.8. The van der Waals surface area contributed by atoms with Gasteiger partial charge < -0.3 is 68.8 Å². The van der Waals surface area contributed by atoms with Gasteiger partial charge in [-0.25, -0.2) is 9.59 Å². The molecule has 27 heteroatoms. The maximum Gasteiger partial charge on any atom is 0.407 e. The van der Waals surface area contributed by atoms with E-state index in [1.807, 2.05) is 52.2 Å². The monoisotopic (exact) mass is 1470 g/mol. The molecule has 9 heterocycles. The quantitative estimate of drug-likeness (QED) is 0.0285. The third kappa shape index (κ3) is 12.6. The number of fused-ring (bicyclic) bond motifs is 7. The second-order valence-electron chi connectivity index (χ2n) is 29.6. The molecule has 14 rings (SSSR count). The van der Waals surface area contributed by atoms with Crippen LogP contribution in [0.5, 0.6) is 11.5 Å². The summed E-state index contributed by atoms with van der Waals surface area (Å²) in [6.07, 6.45) is 14.0. The highest BCUT2D eigenvalue weighted by Crippen LogP contribution is 2.70. The Labute approximate surface area is 612 Å². The van der Waals surface area contributed by atoms with E-state index in [0.29, 0.717) is 56.4 Å². The minimum Gasteiger partial charge on any atom is -0.497 e. The van der Waals surface area contributed by atoms with Crippen molar-refractivity contribution in [3.63, 3.8) is 0 Å². The molecule has 10 aliphatic rings. The number of carbonyl (C=O) groups is 5. The van der Waals surface area contributed by atoms with Crippen molar-refractivity contribution in [2.24, 2.45) is 16.7 Å². The van der Waals surface area contributed by atoms with Gasteiger partial charge in [-0.2, -0.15) is 0 Å². The van der Waals surface area contributed by atoms with E-state index in [4.69, 9.17) is 51.5 Å². The van der Waals surface area contributed by atoms with Crippen molar-refractivity contribution in [1.82, 2.24) is 30.3 Å². The van der Waals surface area contributed by atoms with Crippen molar-refractivity contribution in [2.45, 2.75) is 178 Å². The van der Waals surface area contributed by atoms with Crippen LogP contribution >= 0.6 is 0 Å². The number of aliphatic hydroxyl groups is 2. The number of aromatic nitrogens is 1. The van der Waals surface area contributed by atoms with Crippen molar-refractivity contribution in [3.8, 4) is 11.5 Å². The molecule has 2 aliphatic carbocycles. The van der Waals surface area contributed by atoms with Gasteiger partial charge in [0, 0.05) is 158 Å². The maximum atomic E-state index is 15.4. The number of methoxy groups -OCH3 is 3. The number of rotatable bonds is 17. The molecule has 578 valence electrons. The molecule has 3 aromatic carbocycles. The first kappa shape index (κ1) is 81.1. The van der Waals surface area contributed by atoms with Gasteiger partial charge in [-0.1, -0.05) is 102 Å². The van der Waals surface area contributed by atoms with Gasteiger partial charge in [0.2, 0.25) is 0 Å². The van der Waals surface area contributed by atoms with Crippen LogP contribution < -0.4 is 29.9 Å². The van der Waals surface area contributed by atoms with Crippen LogP contribution in [-0.4, -0.2) is 215 Å². The first-order valence-corrected chi connectivity index (χ1v) is 36.3. The molecule has 2 spiro atoms. The summed E-state index contributed by atoms with van der Waals surface area (Å²) in [5, 5.41) is 33.4. The SMILES string of the molecule is C.CCCOC(=O)NC[C@@]1(O)[C@H](OC(C)=O)[C@]2(CC)C=CCN3CC[C@@]4(c5cc([C@@]6(C(=O)OC)C[C@@H]7C=C(CC)CN(CCc8c6[nH]c6ccccc86)C7)c(OC)cc5N(C)[C@@H]14)[C@@H]32.CCCOC(=O)NC[C@@]1(O)[C@H](OC(C)=O)[C@]2(CC)C=CCN3CC[C@@]4(c5ccc(OC)cc5N(C)[C@@H]14)[C@@H]32.F.FF.FF. The Morgan fingerprint density at radius 1 is 0.667 bits per heavy atom. The number of alkyl carbamates (subject to hydrolysis) is 2. The molecule has 1 aromatic heterocycles. The molecule has 5 N–H and O–H groups in total. The Hall–Kier alpha value is -7.98. The largest absolute Gasteiger partial charge is 0.497 e. The highest BCUT2D eigenvalue weighted by molar-refractivity contribution is 5.94. The molecular formula is C78H107F5N8O14. The molecule has 0 radical (unpaired) electrons. The van der Waals surface area contributed by atoms with Gasteiger partial charge in [-0.15, -0.1) is 0 Å². The number of halogens is 5. The highest BCUT2D eigenvalue weighted by atomic mass is 20.0. The number of anilines is 2. The van der Waals surface area contributed by atoms with Crippen LogP contribution in [0.25, 0.3) is 10.9 Å². The zero-order valence-corrected chi connectivity index (χ0v) is 61.7. The Morgan fingerprint density at radius 2 is 1.20 bits per heavy atom. The molecular weight excluding hydrogens is 1370 g/mol. The van der Waals surface area contributed by atoms with Crippen molar-refractivity contribution in [1.29, 1.82) is 0 Å². The topological polar surface area (TPSA) is 246 Å². The molecule has 2 bridgehead atoms. The summed E-state index contributed by atoms with van der Waals surface area (Å²) in [6, 6.07) is 17.3. The second kappa shape index (κ2) is 31.8. The number of ether oxygens (including phenoxy) is 7. The van der Waals surface area contributed by atoms with Crippen LogP contribution in [-0.2, 0) is 60.7 Å². The number of benzene rings is 3. The van der Waals surface area contributed by atoms with Crippen molar-refractivity contribution in [3.05, 3.63) is 118 Å². The average Bonchev–Trinajstić information content (AvgIpc) is 1.50. The molecule has 1 unspecified atom stereocenters. The lowest BCUT2D eigenvalue weighted by Crippen LogP contribution is -2.81. The van der Waals surface area contributed by atoms with Gasteiger partial charge in [-0.3, -0.25) is 33.8 Å². The lowest BCUT2D eigenvalue weighted by atomic mass is 9.47. The van der Waals surface area contributed by atoms with Gasteiger partial charge >= 0.3 is 30.1 Å². The second-order valence-corrected chi connectivity index (χ2v) is 29.6. The third-order valence-electron chi connectivity index (χ3n) is 24.8. The number of hydrogen-bond donors (Lipinski definition) is 5. The summed E-state index contributed by atoms with van der Waals surface area (Å²) >= 11 is 0. The van der Waals surface area contributed by atoms with Crippen molar-refractivity contribution < 1.29 is 90.3 Å². The van der Waals surface area contributed by atoms with Crippen molar-refractivity contribution >= 4 is 52.4 Å². The standard InChI is InChI=1S/C49H63N5O8.C28H39N3O6.CH4.2F2.FH/c1-8-22-61-45(57)50-29-49(58)42-47(18-21-54-19-13-17-46(10-3,41(47)54)43(49)62-30(4)55)35-24-36(39(59-6)25-38(35)52(42)5)48(44(56)60-7)26-32-23-31(9-2)27-53(28-32)20-16-34-33-14-11-12-15-37(33)51-40(34)48;1-6-15-36-25(33)29-17-28(34)23-27(20-10-9-19(35-5)16-21(20)30(23)4)12-14-31-13-8-11-26(7-2,22(27)31)24(28)37-18(3)32;;2*1-2;/h11-15,17,23-25,32,41-43,51,58H,8-10,16,18-22,26-29H2,1-7H3,(H,50,57);8-11,16,22-24,34H,6-7,12-15,17H2,1-5H3,(H,29,33);1H4;;;1H/t32-,41-,42+,43+,46+,47+,48-,49-;22-,23+,24+,26+,27+,28-;;;;/m00..../s1. The van der Waals surface area contributed by atoms with Crippen LogP contribution in [0.2, 0.25) is 0 Å². The van der Waals surface area contributed by atoms with E-state index in [1.165, 1.54) is 26.5 Å². The predicted octanol–water partition coefficient (Wildman–Crippen LogP) is 10.8. The molecule has 22 nitrogen and oxygen atoms in total. The number of likely N-dealkylation sites (N-methyl/N-ethyl adjacent to an activating group) is 2. The van der Waals surface area contributed by atoms with Crippen LogP contribution in [0.15, 0.2) is 90.6 Å². The van der Waals surface area contributed by atoms with Crippen LogP contribution in [0.1, 0.15) is 135 Å². The molecule has 4 aromatic rings. The fraction of sp³-hybridized carbons (Fsp3) is 0.603. The van der Waals surface area contributed by atoms with E-state index in [9.17, 15) is 29.4 Å². The van der Waals surface area contributed by atoms with E-state index in [-0.39, 0.29) is 62.4 Å². The van der Waals surface area contributed by atoms with Crippen LogP contribution in [0, 0.1) is 16.7 Å². The summed E-state index contributed by atoms with van der Waals surface area (Å²) in [7, 11) is 8.73. The predicted molar refractivity (Wildman–Crippen MR) is 389 cm³/mol. The molecule has 2 saturated carbocycles. The number of para-hydroxylation sites is 1. The maximum absolute atomic E-state index is 15.4. The lowest BCUT2D eigenvalue weighted by molar-refractivity contribution is -0.217. The molecule has 15 atom stereocenters. The normalized spacial score (nSPS) is 32.2. The van der Waals surface area contributed by atoms with E-state index in [0.717, 1.165) is 109 Å². The van der Waals surface area contributed by atoms with E-state index < -0.39 is 86.7 Å². The Kier molecular flexibility index (Phi) is 24.6. The van der Waals surface area contributed by atoms with Gasteiger partial charge in [0.1, 0.15) is 40.3 Å². The third-order valence-corrected chi connectivity index (χ3v) is 24.8. The summed E-state index contributed by atoms with van der Waals surface area (Å²) in [4.78, 5) is 82.5. The Morgan fingerprint density at radius 3 is 1.70 bits per heavy atom. The first-order valence-electron chi connectivity index (χ1n) is 36.3. The van der Waals surface area contributed by atoms with Crippen LogP contribution in [0.4, 0.5) is 44.0 Å². The smallest absolute Gasteiger partial charge is 0.407 e. The summed E-state index contributed by atoms with van der Waals surface area (Å²) < 4.78 is 73.2. The number of H-pyrrole nitrogens is 1. The Bertz CT molecular complexity index is 3940. The molecule has 105 heavy (non-hydrogen) atoms. The zero-order valence-electron chi connectivity index (χ0n) is 61.7. The number of hydrogen-bond acceptors (Lipinski definition) is 19.